The molecule has 688 valence electrons. The Morgan fingerprint density at radius 3 is 0.523 bits per heavy atom. The van der Waals surface area contributed by atoms with Crippen LogP contribution in [0.2, 0.25) is 0 Å². The number of carbonyl (C=O) groups is 4. The molecule has 12 aromatic carbocycles. The summed E-state index contributed by atoms with van der Waals surface area (Å²) in [5, 5.41) is 19.2. The van der Waals surface area contributed by atoms with E-state index in [1.165, 1.54) is 0 Å². The second-order valence-corrected chi connectivity index (χ2v) is 46.4. The first-order chi connectivity index (χ1) is 64.4. The van der Waals surface area contributed by atoms with Crippen LogP contribution in [-0.2, 0) is 63.1 Å². The quantitative estimate of drug-likeness (QED) is 0.0207. The molecule has 132 heavy (non-hydrogen) atoms. The summed E-state index contributed by atoms with van der Waals surface area (Å²) in [6, 6.07) is 91.9. The molecule has 0 fully saturated rings. The number of amides is 4. The molecule has 1 aliphatic rings. The summed E-state index contributed by atoms with van der Waals surface area (Å²) in [5.74, 6) is 1.14. The van der Waals surface area contributed by atoms with Crippen molar-refractivity contribution in [1.29, 1.82) is 0 Å². The molecule has 0 saturated carbocycles. The minimum atomic E-state index is -3.21. The first-order valence-electron chi connectivity index (χ1n) is 47.5. The third kappa shape index (κ3) is 26.6. The van der Waals surface area contributed by atoms with Crippen LogP contribution in [-0.4, -0.2) is 74.7 Å². The number of nitrogens with one attached hydrogen (secondary N) is 4. The predicted octanol–water partition coefficient (Wildman–Crippen LogP) is 23.6. The summed E-state index contributed by atoms with van der Waals surface area (Å²) < 4.78 is 91.3. The number of carbonyl (C=O) groups excluding carboxylic acids is 4. The highest BCUT2D eigenvalue weighted by atomic mass is 31.2. The van der Waals surface area contributed by atoms with Crippen molar-refractivity contribution in [3.63, 3.8) is 0 Å². The monoisotopic (exact) mass is 1840 g/mol. The normalized spacial score (nSPS) is 12.2. The summed E-state index contributed by atoms with van der Waals surface area (Å²) in [6.07, 6.45) is 13.1. The fourth-order valence-corrected chi connectivity index (χ4v) is 28.6. The Kier molecular flexibility index (Phi) is 36.7. The van der Waals surface area contributed by atoms with Crippen LogP contribution in [0.1, 0.15) is 201 Å². The molecule has 1 aliphatic carbocycles. The van der Waals surface area contributed by atoms with E-state index in [-0.39, 0.29) is 99.6 Å². The first kappa shape index (κ1) is 98.2. The second-order valence-electron chi connectivity index (χ2n) is 34.6. The lowest BCUT2D eigenvalue weighted by Crippen LogP contribution is -2.20. The maximum atomic E-state index is 15.5. The Labute approximate surface area is 781 Å². The number of benzene rings is 12. The molecule has 0 saturated heterocycles. The van der Waals surface area contributed by atoms with Crippen LogP contribution in [0.15, 0.2) is 291 Å². The van der Waals surface area contributed by atoms with E-state index < -0.39 is 28.6 Å². The summed E-state index contributed by atoms with van der Waals surface area (Å²) >= 11 is 0. The average Bonchev–Trinajstić information content (AvgIpc) is 0.433. The zero-order valence-corrected chi connectivity index (χ0v) is 80.6. The van der Waals surface area contributed by atoms with E-state index in [0.717, 1.165) is 77.0 Å². The molecule has 0 aliphatic heterocycles. The van der Waals surface area contributed by atoms with Crippen molar-refractivity contribution in [2.45, 2.75) is 182 Å². The van der Waals surface area contributed by atoms with Gasteiger partial charge in [-0.2, -0.15) is 0 Å². The Morgan fingerprint density at radius 1 is 0.227 bits per heavy atom. The number of rotatable bonds is 48. The van der Waals surface area contributed by atoms with E-state index in [1.807, 2.05) is 291 Å². The lowest BCUT2D eigenvalue weighted by molar-refractivity contribution is -0.117. The average molecular weight is 1850 g/mol. The molecule has 8 bridgehead atoms. The highest BCUT2D eigenvalue weighted by Gasteiger charge is 2.34. The first-order valence-corrected chi connectivity index (χ1v) is 55.1. The van der Waals surface area contributed by atoms with Gasteiger partial charge in [0, 0.05) is 186 Å². The molecular weight excluding hydrogens is 1720 g/mol. The van der Waals surface area contributed by atoms with E-state index in [0.29, 0.717) is 185 Å². The lowest BCUT2D eigenvalue weighted by Gasteiger charge is -2.25. The highest BCUT2D eigenvalue weighted by Crippen LogP contribution is 2.50. The van der Waals surface area contributed by atoms with Gasteiger partial charge >= 0.3 is 0 Å². The third-order valence-corrected chi connectivity index (χ3v) is 37.3. The zero-order valence-electron chi connectivity index (χ0n) is 77.0. The zero-order chi connectivity index (χ0) is 92.4. The Morgan fingerprint density at radius 2 is 0.379 bits per heavy atom. The fraction of sp³-hybridized carbons (Fsp3) is 0.321. The molecule has 13 rings (SSSR count). The molecule has 0 heterocycles. The molecule has 20 heteroatoms. The van der Waals surface area contributed by atoms with Crippen molar-refractivity contribution in [2.75, 3.05) is 72.3 Å². The third-order valence-electron chi connectivity index (χ3n) is 24.5. The van der Waals surface area contributed by atoms with Gasteiger partial charge in [-0.25, -0.2) is 0 Å². The molecule has 4 N–H and O–H groups in total. The smallest absolute Gasteiger partial charge is 0.224 e. The van der Waals surface area contributed by atoms with Gasteiger partial charge in [-0.05, 0) is 99.9 Å². The van der Waals surface area contributed by atoms with E-state index in [1.54, 1.807) is 0 Å². The molecule has 0 atom stereocenters. The molecular formula is C112H128N4O12P4. The van der Waals surface area contributed by atoms with Gasteiger partial charge < -0.3 is 58.5 Å². The molecule has 0 aromatic heterocycles. The molecule has 0 radical (unpaired) electrons. The number of unbranched alkanes of at least 4 members (excludes halogenated alkanes) is 8. The van der Waals surface area contributed by atoms with Crippen LogP contribution < -0.4 is 82.7 Å². The van der Waals surface area contributed by atoms with Crippen LogP contribution in [0, 0.1) is 0 Å². The van der Waals surface area contributed by atoms with Crippen LogP contribution >= 0.6 is 28.6 Å². The van der Waals surface area contributed by atoms with Crippen LogP contribution in [0.25, 0.3) is 0 Å². The van der Waals surface area contributed by atoms with Crippen LogP contribution in [0.5, 0.6) is 23.0 Å². The van der Waals surface area contributed by atoms with Crippen LogP contribution in [0.3, 0.4) is 0 Å². The van der Waals surface area contributed by atoms with E-state index >= 15 is 37.4 Å². The van der Waals surface area contributed by atoms with Crippen molar-refractivity contribution in [3.8, 4) is 23.0 Å². The Hall–Kier alpha value is -11.4. The fourth-order valence-electron chi connectivity index (χ4n) is 17.7. The summed E-state index contributed by atoms with van der Waals surface area (Å²) in [7, 11) is -12.9. The highest BCUT2D eigenvalue weighted by molar-refractivity contribution is 7.80. The summed E-state index contributed by atoms with van der Waals surface area (Å²) in [6.45, 7) is 9.97. The molecule has 0 unspecified atom stereocenters. The summed E-state index contributed by atoms with van der Waals surface area (Å²) in [4.78, 5) is 60.7. The van der Waals surface area contributed by atoms with Gasteiger partial charge in [-0.1, -0.05) is 322 Å². The maximum absolute atomic E-state index is 15.5. The Bertz CT molecular complexity index is 4980. The molecule has 0 spiro atoms. The van der Waals surface area contributed by atoms with Gasteiger partial charge in [0.15, 0.2) is 0 Å². The van der Waals surface area contributed by atoms with E-state index in [9.17, 15) is 0 Å². The van der Waals surface area contributed by atoms with E-state index in [4.69, 9.17) is 18.9 Å². The van der Waals surface area contributed by atoms with Gasteiger partial charge in [0.25, 0.3) is 0 Å². The van der Waals surface area contributed by atoms with E-state index in [2.05, 4.69) is 49.0 Å². The standard InChI is InChI=1S/C112H128N4O12P4/c1-5-9-37-65-125-109-85-73-87-79-94(114-106(118)62-42-70-130(122,99-49-25-15-26-50-99)100-51-27-16-28-52-100)81-89(110(87)126-66-38-10-6-2)75-91-83-96(116-108(120)64-44-72-132(124,103-57-33-19-34-58-103)104-59-35-20-36-60-104)84-92(112(91)128-68-40-12-8-4)76-90-82-95(115-107(119)63-43-71-131(123,101-53-29-17-30-54-101)102-55-31-18-32-56-102)80-88(111(90)127-67-39-11-7-3)74-86(109)78-93(77-85)113-105(117)61-41-69-129(121,97-45-21-13-22-46-97)98-47-23-14-24-48-98/h13-36,45-60,77-84H,5-12,37-44,61-76H2,1-4H3,(H,113,117)(H,114,118)(H,115,119)(H,116,120). The predicted molar refractivity (Wildman–Crippen MR) is 547 cm³/mol. The van der Waals surface area contributed by atoms with Crippen LogP contribution in [0.4, 0.5) is 22.7 Å². The van der Waals surface area contributed by atoms with Crippen molar-refractivity contribution in [1.82, 2.24) is 0 Å². The van der Waals surface area contributed by atoms with Crippen molar-refractivity contribution in [2.24, 2.45) is 0 Å². The van der Waals surface area contributed by atoms with Gasteiger partial charge in [0.2, 0.25) is 23.6 Å². The Balaban J connectivity index is 0.985. The molecule has 12 aromatic rings. The largest absolute Gasteiger partial charge is 0.493 e. The topological polar surface area (TPSA) is 222 Å². The van der Waals surface area contributed by atoms with Crippen molar-refractivity contribution >= 4 is 117 Å². The number of ether oxygens (including phenoxy) is 4. The van der Waals surface area contributed by atoms with Crippen molar-refractivity contribution in [3.05, 3.63) is 336 Å². The maximum Gasteiger partial charge on any atom is 0.224 e. The van der Waals surface area contributed by atoms with Gasteiger partial charge in [0.05, 0.1) is 26.4 Å². The number of hydrogen-bond acceptors (Lipinski definition) is 12. The van der Waals surface area contributed by atoms with Crippen molar-refractivity contribution < 1.29 is 56.4 Å². The van der Waals surface area contributed by atoms with Gasteiger partial charge in [0.1, 0.15) is 51.6 Å². The number of fused-ring (bicyclic) bond motifs is 8. The lowest BCUT2D eigenvalue weighted by atomic mass is 9.90. The molecule has 4 amide bonds. The van der Waals surface area contributed by atoms with Gasteiger partial charge in [-0.3, -0.25) is 19.2 Å². The number of anilines is 4. The minimum absolute atomic E-state index is 0.0416. The number of hydrogen-bond donors (Lipinski definition) is 4. The van der Waals surface area contributed by atoms with Gasteiger partial charge in [-0.15, -0.1) is 0 Å². The molecule has 16 nitrogen and oxygen atoms in total. The summed E-state index contributed by atoms with van der Waals surface area (Å²) in [5.41, 5.74) is 7.50. The minimum Gasteiger partial charge on any atom is -0.493 e. The second kappa shape index (κ2) is 49.4. The SMILES string of the molecule is CCCCCOc1c2cc(NC(=O)CCCP(=O)(c3ccccc3)c3ccccc3)cc1Cc1cc(NC(=O)CCCP(=O)(c3ccccc3)c3ccccc3)cc(c1OCCCCC)Cc1cc(NC(=O)CCCP(=O)(c3ccccc3)c3ccccc3)cc(c1OCCCCC)Cc1cc(NC(=O)CCCP(=O)(c3ccccc3)c3ccccc3)cc(c1OCCCCC)C2.